The molecule has 1 rings (SSSR count). The second kappa shape index (κ2) is 8.57. The molecular weight excluding hydrogens is 363 g/mol. The molecule has 23 heavy (non-hydrogen) atoms. The van der Waals surface area contributed by atoms with Gasteiger partial charge < -0.3 is 4.74 Å². The quantitative estimate of drug-likeness (QED) is 0.629. The number of hydrogen-bond donors (Lipinski definition) is 0. The van der Waals surface area contributed by atoms with Crippen LogP contribution in [0.2, 0.25) is 0 Å². The van der Waals surface area contributed by atoms with Crippen LogP contribution >= 0.6 is 15.9 Å². The van der Waals surface area contributed by atoms with Crippen molar-refractivity contribution in [2.24, 2.45) is 5.92 Å². The monoisotopic (exact) mass is 386 g/mol. The summed E-state index contributed by atoms with van der Waals surface area (Å²) in [7, 11) is 0. The Morgan fingerprint density at radius 1 is 1.30 bits per heavy atom. The Kier molecular flexibility index (Phi) is 7.39. The number of benzene rings is 1. The summed E-state index contributed by atoms with van der Waals surface area (Å²) in [6.45, 7) is 7.35. The molecule has 5 heteroatoms. The zero-order valence-corrected chi connectivity index (χ0v) is 15.7. The van der Waals surface area contributed by atoms with Crippen LogP contribution < -0.4 is 0 Å². The van der Waals surface area contributed by atoms with Crippen molar-refractivity contribution in [2.45, 2.75) is 59.0 Å². The first-order valence-corrected chi connectivity index (χ1v) is 8.60. The Labute approximate surface area is 145 Å². The molecule has 0 aliphatic rings. The van der Waals surface area contributed by atoms with Crippen molar-refractivity contribution in [3.05, 3.63) is 34.1 Å². The Morgan fingerprint density at radius 2 is 1.96 bits per heavy atom. The third kappa shape index (κ3) is 7.25. The molecule has 0 aliphatic heterocycles. The number of halogens is 2. The average Bonchev–Trinajstić information content (AvgIpc) is 2.39. The number of ether oxygens (including phenoxy) is 1. The number of ketones is 1. The lowest BCUT2D eigenvalue weighted by Crippen LogP contribution is -2.30. The minimum atomic E-state index is -0.579. The van der Waals surface area contributed by atoms with Gasteiger partial charge in [-0.25, -0.2) is 4.39 Å². The van der Waals surface area contributed by atoms with Gasteiger partial charge in [-0.3, -0.25) is 9.59 Å². The summed E-state index contributed by atoms with van der Waals surface area (Å²) in [4.78, 5) is 24.4. The number of carbonyl (C=O) groups is 2. The average molecular weight is 387 g/mol. The lowest BCUT2D eigenvalue weighted by molar-refractivity contribution is -0.161. The number of carbonyl (C=O) groups excluding carboxylic acids is 2. The van der Waals surface area contributed by atoms with Gasteiger partial charge in [0.05, 0.1) is 5.92 Å². The molecule has 0 amide bonds. The van der Waals surface area contributed by atoms with E-state index in [2.05, 4.69) is 15.9 Å². The molecule has 0 aliphatic carbocycles. The van der Waals surface area contributed by atoms with Crippen molar-refractivity contribution >= 4 is 27.7 Å². The Balaban J connectivity index is 2.72. The molecule has 0 aromatic heterocycles. The number of Topliss-reactive ketones (excluding diaryl/α,β-unsaturated/α-hetero) is 1. The minimum absolute atomic E-state index is 0.0118. The maximum Gasteiger partial charge on any atom is 0.309 e. The summed E-state index contributed by atoms with van der Waals surface area (Å²) in [6.07, 6.45) is 1.44. The number of hydrogen-bond acceptors (Lipinski definition) is 3. The van der Waals surface area contributed by atoms with Gasteiger partial charge in [-0.05, 0) is 44.9 Å². The number of esters is 1. The Morgan fingerprint density at radius 3 is 2.48 bits per heavy atom. The van der Waals surface area contributed by atoms with E-state index in [9.17, 15) is 14.0 Å². The molecule has 0 heterocycles. The predicted molar refractivity (Wildman–Crippen MR) is 91.7 cm³/mol. The van der Waals surface area contributed by atoms with E-state index in [4.69, 9.17) is 4.74 Å². The lowest BCUT2D eigenvalue weighted by Gasteiger charge is -2.23. The van der Waals surface area contributed by atoms with Crippen LogP contribution in [-0.4, -0.2) is 17.4 Å². The van der Waals surface area contributed by atoms with Gasteiger partial charge in [-0.1, -0.05) is 35.3 Å². The molecule has 1 aromatic carbocycles. The molecule has 0 saturated heterocycles. The minimum Gasteiger partial charge on any atom is -0.460 e. The van der Waals surface area contributed by atoms with Crippen LogP contribution in [0, 0.1) is 11.7 Å². The van der Waals surface area contributed by atoms with Crippen molar-refractivity contribution < 1.29 is 18.7 Å². The molecule has 0 spiro atoms. The van der Waals surface area contributed by atoms with E-state index in [0.717, 1.165) is 6.42 Å². The van der Waals surface area contributed by atoms with Crippen molar-refractivity contribution in [1.29, 1.82) is 0 Å². The predicted octanol–water partition coefficient (Wildman–Crippen LogP) is 4.85. The van der Waals surface area contributed by atoms with Crippen LogP contribution in [0.3, 0.4) is 0 Å². The van der Waals surface area contributed by atoms with Crippen LogP contribution in [0.15, 0.2) is 22.7 Å². The van der Waals surface area contributed by atoms with Crippen molar-refractivity contribution in [3.63, 3.8) is 0 Å². The first-order chi connectivity index (χ1) is 10.6. The van der Waals surface area contributed by atoms with Crippen LogP contribution in [0.5, 0.6) is 0 Å². The highest BCUT2D eigenvalue weighted by Gasteiger charge is 2.26. The molecule has 0 N–H and O–H groups in total. The topological polar surface area (TPSA) is 43.4 Å². The highest BCUT2D eigenvalue weighted by atomic mass is 79.9. The van der Waals surface area contributed by atoms with Crippen molar-refractivity contribution in [3.8, 4) is 0 Å². The first kappa shape index (κ1) is 19.8. The second-order valence-electron chi connectivity index (χ2n) is 6.67. The summed E-state index contributed by atoms with van der Waals surface area (Å²) in [5, 5.41) is 0. The largest absolute Gasteiger partial charge is 0.460 e. The zero-order chi connectivity index (χ0) is 17.6. The fraction of sp³-hybridized carbons (Fsp3) is 0.556. The molecule has 128 valence electrons. The number of rotatable bonds is 7. The summed E-state index contributed by atoms with van der Waals surface area (Å²) >= 11 is 3.18. The zero-order valence-electron chi connectivity index (χ0n) is 14.1. The van der Waals surface area contributed by atoms with Crippen LogP contribution in [-0.2, 0) is 20.7 Å². The van der Waals surface area contributed by atoms with Crippen molar-refractivity contribution in [2.75, 3.05) is 0 Å². The Bertz CT molecular complexity index is 564. The van der Waals surface area contributed by atoms with Crippen molar-refractivity contribution in [1.82, 2.24) is 0 Å². The third-order valence-electron chi connectivity index (χ3n) is 3.25. The van der Waals surface area contributed by atoms with E-state index in [1.54, 1.807) is 32.9 Å². The second-order valence-corrected chi connectivity index (χ2v) is 7.59. The fourth-order valence-electron chi connectivity index (χ4n) is 2.26. The first-order valence-electron chi connectivity index (χ1n) is 7.81. The van der Waals surface area contributed by atoms with Gasteiger partial charge in [0, 0.05) is 17.3 Å². The van der Waals surface area contributed by atoms with Crippen LogP contribution in [0.25, 0.3) is 0 Å². The van der Waals surface area contributed by atoms with Crippen LogP contribution in [0.4, 0.5) is 4.39 Å². The van der Waals surface area contributed by atoms with Crippen LogP contribution in [0.1, 0.15) is 52.5 Å². The van der Waals surface area contributed by atoms with Gasteiger partial charge in [0.25, 0.3) is 0 Å². The van der Waals surface area contributed by atoms with Gasteiger partial charge >= 0.3 is 5.97 Å². The highest BCUT2D eigenvalue weighted by molar-refractivity contribution is 9.10. The Hall–Kier alpha value is -1.23. The smallest absolute Gasteiger partial charge is 0.309 e. The SMILES string of the molecule is CCC[C@H](CC(=O)Cc1ccc(Br)cc1F)C(=O)OC(C)(C)C. The van der Waals surface area contributed by atoms with E-state index in [1.807, 2.05) is 6.92 Å². The lowest BCUT2D eigenvalue weighted by atomic mass is 9.94. The normalized spacial score (nSPS) is 12.8. The van der Waals surface area contributed by atoms with E-state index in [-0.39, 0.29) is 24.6 Å². The molecule has 0 radical (unpaired) electrons. The maximum atomic E-state index is 13.8. The van der Waals surface area contributed by atoms with E-state index < -0.39 is 17.3 Å². The molecule has 0 unspecified atom stereocenters. The maximum absolute atomic E-state index is 13.8. The summed E-state index contributed by atoms with van der Waals surface area (Å²) < 4.78 is 19.8. The third-order valence-corrected chi connectivity index (χ3v) is 3.75. The summed E-state index contributed by atoms with van der Waals surface area (Å²) in [6, 6.07) is 4.61. The van der Waals surface area contributed by atoms with Gasteiger partial charge in [-0.2, -0.15) is 0 Å². The molecule has 0 bridgehead atoms. The molecule has 1 aromatic rings. The summed E-state index contributed by atoms with van der Waals surface area (Å²) in [5.41, 5.74) is -0.234. The summed E-state index contributed by atoms with van der Waals surface area (Å²) in [5.74, 6) is -1.40. The van der Waals surface area contributed by atoms with Gasteiger partial charge in [0.2, 0.25) is 0 Å². The molecular formula is C18H24BrFO3. The fourth-order valence-corrected chi connectivity index (χ4v) is 2.59. The molecule has 0 fully saturated rings. The van der Waals surface area contributed by atoms with Gasteiger partial charge in [-0.15, -0.1) is 0 Å². The van der Waals surface area contributed by atoms with E-state index in [1.165, 1.54) is 6.07 Å². The van der Waals surface area contributed by atoms with Gasteiger partial charge in [0.1, 0.15) is 17.2 Å². The standard InChI is InChI=1S/C18H24BrFO3/c1-5-6-13(17(22)23-18(2,3)4)10-15(21)9-12-7-8-14(19)11-16(12)20/h7-8,11,13H,5-6,9-10H2,1-4H3/t13-/m1/s1. The highest BCUT2D eigenvalue weighted by Crippen LogP contribution is 2.21. The van der Waals surface area contributed by atoms with Gasteiger partial charge in [0.15, 0.2) is 0 Å². The van der Waals surface area contributed by atoms with E-state index >= 15 is 0 Å². The molecule has 3 nitrogen and oxygen atoms in total. The molecule has 1 atom stereocenters. The molecule has 0 saturated carbocycles. The van der Waals surface area contributed by atoms with E-state index in [0.29, 0.717) is 16.5 Å².